The Morgan fingerprint density at radius 2 is 1.73 bits per heavy atom. The first kappa shape index (κ1) is 27.6. The minimum Gasteiger partial charge on any atom is -0.392 e. The van der Waals surface area contributed by atoms with Gasteiger partial charge < -0.3 is 24.8 Å². The lowest BCUT2D eigenvalue weighted by Gasteiger charge is -2.42. The average molecular weight is 539 g/mol. The number of aliphatic hydroxyl groups is 1. The van der Waals surface area contributed by atoms with Crippen LogP contribution in [0.15, 0.2) is 91.6 Å². The normalized spacial score (nSPS) is 20.9. The van der Waals surface area contributed by atoms with Gasteiger partial charge in [0, 0.05) is 30.3 Å². The summed E-state index contributed by atoms with van der Waals surface area (Å²) in [6, 6.07) is 22.8. The van der Waals surface area contributed by atoms with Crippen LogP contribution >= 0.6 is 0 Å². The van der Waals surface area contributed by atoms with Gasteiger partial charge in [-0.2, -0.15) is 0 Å². The third-order valence-corrected chi connectivity index (χ3v) is 7.18. The van der Waals surface area contributed by atoms with E-state index >= 15 is 0 Å². The summed E-state index contributed by atoms with van der Waals surface area (Å²) in [7, 11) is 2.05. The van der Waals surface area contributed by atoms with Crippen molar-refractivity contribution in [3.8, 4) is 0 Å². The largest absolute Gasteiger partial charge is 0.392 e. The summed E-state index contributed by atoms with van der Waals surface area (Å²) < 4.78 is 13.0. The molecule has 40 heavy (non-hydrogen) atoms. The molecule has 8 heteroatoms. The van der Waals surface area contributed by atoms with Gasteiger partial charge in [-0.05, 0) is 42.4 Å². The van der Waals surface area contributed by atoms with Crippen molar-refractivity contribution in [3.63, 3.8) is 0 Å². The third kappa shape index (κ3) is 6.26. The molecule has 8 nitrogen and oxygen atoms in total. The standard InChI is InChI=1S/C32H34N4O4/c1-4-17-36(3)19-29-21(2)30(23-11-9-22(20-37)10-12-23)40-32(39-29)24-13-15-25(16-14-24)34-31(38)28-18-33-26-7-5-6-8-27(26)35-28/h4-16,18,21,29-30,32,37H,1,17,19-20H2,2-3H3,(H,34,38)/t21-,29+,30+,32+/m1/s1. The van der Waals surface area contributed by atoms with E-state index in [2.05, 4.69) is 33.7 Å². The molecule has 0 saturated carbocycles. The Labute approximate surface area is 234 Å². The number of aliphatic hydroxyl groups excluding tert-OH is 1. The number of carbonyl (C=O) groups excluding carboxylic acids is 1. The highest BCUT2D eigenvalue weighted by molar-refractivity contribution is 6.03. The van der Waals surface area contributed by atoms with E-state index in [1.165, 1.54) is 6.20 Å². The predicted octanol–water partition coefficient (Wildman–Crippen LogP) is 5.28. The first-order chi connectivity index (χ1) is 19.4. The van der Waals surface area contributed by atoms with Gasteiger partial charge in [0.05, 0.1) is 36.0 Å². The maximum atomic E-state index is 12.8. The summed E-state index contributed by atoms with van der Waals surface area (Å²) in [6.45, 7) is 7.46. The predicted molar refractivity (Wildman–Crippen MR) is 155 cm³/mol. The van der Waals surface area contributed by atoms with E-state index in [0.717, 1.165) is 35.3 Å². The van der Waals surface area contributed by atoms with Crippen molar-refractivity contribution in [1.82, 2.24) is 14.9 Å². The van der Waals surface area contributed by atoms with Crippen LogP contribution in [-0.4, -0.2) is 52.1 Å². The van der Waals surface area contributed by atoms with E-state index in [9.17, 15) is 9.90 Å². The van der Waals surface area contributed by atoms with E-state index in [4.69, 9.17) is 9.47 Å². The molecule has 0 bridgehead atoms. The van der Waals surface area contributed by atoms with Gasteiger partial charge in [0.1, 0.15) is 5.69 Å². The number of aromatic nitrogens is 2. The van der Waals surface area contributed by atoms with Crippen molar-refractivity contribution < 1.29 is 19.4 Å². The van der Waals surface area contributed by atoms with Crippen LogP contribution in [0.5, 0.6) is 0 Å². The number of nitrogens with zero attached hydrogens (tertiary/aromatic N) is 3. The van der Waals surface area contributed by atoms with Crippen molar-refractivity contribution in [3.05, 3.63) is 114 Å². The summed E-state index contributed by atoms with van der Waals surface area (Å²) in [5, 5.41) is 12.4. The van der Waals surface area contributed by atoms with E-state index in [0.29, 0.717) is 11.2 Å². The van der Waals surface area contributed by atoms with Crippen LogP contribution in [-0.2, 0) is 16.1 Å². The lowest BCUT2D eigenvalue weighted by Crippen LogP contribution is -2.43. The van der Waals surface area contributed by atoms with Gasteiger partial charge >= 0.3 is 0 Å². The summed E-state index contributed by atoms with van der Waals surface area (Å²) >= 11 is 0. The van der Waals surface area contributed by atoms with Crippen molar-refractivity contribution in [1.29, 1.82) is 0 Å². The van der Waals surface area contributed by atoms with Crippen molar-refractivity contribution in [2.45, 2.75) is 32.0 Å². The molecule has 1 aliphatic heterocycles. The van der Waals surface area contributed by atoms with Gasteiger partial charge in [-0.1, -0.05) is 61.5 Å². The summed E-state index contributed by atoms with van der Waals surface area (Å²) in [5.41, 5.74) is 5.03. The summed E-state index contributed by atoms with van der Waals surface area (Å²) in [6.07, 6.45) is 2.49. The Kier molecular flexibility index (Phi) is 8.62. The number of benzene rings is 3. The summed E-state index contributed by atoms with van der Waals surface area (Å²) in [4.78, 5) is 23.8. The van der Waals surface area contributed by atoms with E-state index in [1.54, 1.807) is 0 Å². The number of likely N-dealkylation sites (N-methyl/N-ethyl adjacent to an activating group) is 1. The van der Waals surface area contributed by atoms with Gasteiger partial charge in [-0.3, -0.25) is 9.78 Å². The quantitative estimate of drug-likeness (QED) is 0.280. The fourth-order valence-electron chi connectivity index (χ4n) is 4.92. The van der Waals surface area contributed by atoms with Gasteiger partial charge in [0.15, 0.2) is 6.29 Å². The minimum absolute atomic E-state index is 0.00159. The third-order valence-electron chi connectivity index (χ3n) is 7.18. The monoisotopic (exact) mass is 538 g/mol. The zero-order chi connectivity index (χ0) is 28.1. The van der Waals surface area contributed by atoms with Crippen LogP contribution in [0.3, 0.4) is 0 Å². The molecule has 1 fully saturated rings. The maximum absolute atomic E-state index is 12.8. The van der Waals surface area contributed by atoms with Crippen LogP contribution < -0.4 is 5.32 Å². The highest BCUT2D eigenvalue weighted by Crippen LogP contribution is 2.42. The number of hydrogen-bond acceptors (Lipinski definition) is 7. The number of amides is 1. The lowest BCUT2D eigenvalue weighted by atomic mass is 9.90. The van der Waals surface area contributed by atoms with Crippen molar-refractivity contribution in [2.75, 3.05) is 25.5 Å². The fourth-order valence-corrected chi connectivity index (χ4v) is 4.92. The van der Waals surface area contributed by atoms with Crippen LogP contribution in [0.25, 0.3) is 11.0 Å². The molecule has 5 rings (SSSR count). The Balaban J connectivity index is 1.33. The Hall–Kier alpha value is -3.95. The minimum atomic E-state index is -0.586. The molecule has 3 aromatic carbocycles. The molecule has 1 saturated heterocycles. The van der Waals surface area contributed by atoms with Gasteiger partial charge in [0.2, 0.25) is 0 Å². The summed E-state index contributed by atoms with van der Waals surface area (Å²) in [5.74, 6) is -0.244. The Morgan fingerprint density at radius 1 is 1.02 bits per heavy atom. The molecule has 2 N–H and O–H groups in total. The van der Waals surface area contributed by atoms with Gasteiger partial charge in [-0.25, -0.2) is 4.98 Å². The fraction of sp³-hybridized carbons (Fsp3) is 0.281. The van der Waals surface area contributed by atoms with Crippen LogP contribution in [0.2, 0.25) is 0 Å². The molecule has 1 aliphatic rings. The molecule has 0 unspecified atom stereocenters. The highest BCUT2D eigenvalue weighted by Gasteiger charge is 2.38. The van der Waals surface area contributed by atoms with Crippen molar-refractivity contribution in [2.24, 2.45) is 5.92 Å². The van der Waals surface area contributed by atoms with E-state index < -0.39 is 6.29 Å². The second-order valence-corrected chi connectivity index (χ2v) is 10.2. The molecule has 2 heterocycles. The molecular weight excluding hydrogens is 504 g/mol. The maximum Gasteiger partial charge on any atom is 0.275 e. The van der Waals surface area contributed by atoms with Crippen LogP contribution in [0, 0.1) is 5.92 Å². The number of nitrogens with one attached hydrogen (secondary N) is 1. The molecule has 4 atom stereocenters. The van der Waals surface area contributed by atoms with Crippen LogP contribution in [0.4, 0.5) is 5.69 Å². The van der Waals surface area contributed by atoms with Gasteiger partial charge in [-0.15, -0.1) is 6.58 Å². The zero-order valence-electron chi connectivity index (χ0n) is 22.7. The number of para-hydroxylation sites is 2. The zero-order valence-corrected chi connectivity index (χ0v) is 22.7. The SMILES string of the molecule is C=CCN(C)C[C@@H]1O[C@H](c2ccc(NC(=O)c3cnc4ccccc4n3)cc2)O[C@H](c2ccc(CO)cc2)[C@@H]1C. The number of fused-ring (bicyclic) bond motifs is 1. The molecule has 0 spiro atoms. The second-order valence-electron chi connectivity index (χ2n) is 10.2. The molecule has 0 aliphatic carbocycles. The first-order valence-electron chi connectivity index (χ1n) is 13.4. The van der Waals surface area contributed by atoms with E-state index in [-0.39, 0.29) is 36.3 Å². The molecule has 0 radical (unpaired) electrons. The molecule has 1 amide bonds. The number of anilines is 1. The second kappa shape index (κ2) is 12.5. The number of rotatable bonds is 9. The topological polar surface area (TPSA) is 96.8 Å². The first-order valence-corrected chi connectivity index (χ1v) is 13.4. The smallest absolute Gasteiger partial charge is 0.275 e. The number of hydrogen-bond donors (Lipinski definition) is 2. The number of ether oxygens (including phenoxy) is 2. The lowest BCUT2D eigenvalue weighted by molar-refractivity contribution is -0.275. The molecular formula is C32H34N4O4. The van der Waals surface area contributed by atoms with E-state index in [1.807, 2.05) is 85.9 Å². The Morgan fingerprint density at radius 3 is 2.42 bits per heavy atom. The highest BCUT2D eigenvalue weighted by atomic mass is 16.7. The molecule has 4 aromatic rings. The van der Waals surface area contributed by atoms with Crippen molar-refractivity contribution >= 4 is 22.6 Å². The average Bonchev–Trinajstić information content (AvgIpc) is 2.98. The molecule has 1 aromatic heterocycles. The van der Waals surface area contributed by atoms with Gasteiger partial charge in [0.25, 0.3) is 5.91 Å². The van der Waals surface area contributed by atoms with Crippen LogP contribution in [0.1, 0.15) is 46.5 Å². The molecule has 206 valence electrons. The number of carbonyl (C=O) groups is 1. The Bertz CT molecular complexity index is 1460.